The first kappa shape index (κ1) is 22.7. The van der Waals surface area contributed by atoms with Gasteiger partial charge in [-0.15, -0.1) is 0 Å². The fraction of sp³-hybridized carbons (Fsp3) is 0.545. The number of ether oxygens (including phenoxy) is 1. The number of carbonyl (C=O) groups excluding carboxylic acids is 2. The molecule has 1 unspecified atom stereocenters. The molecule has 0 aliphatic rings. The van der Waals surface area contributed by atoms with E-state index in [-0.39, 0.29) is 5.91 Å². The minimum atomic E-state index is -0.660. The van der Waals surface area contributed by atoms with Crippen LogP contribution in [-0.4, -0.2) is 30.0 Å². The van der Waals surface area contributed by atoms with Crippen molar-refractivity contribution in [2.45, 2.75) is 71.8 Å². The number of amides is 1. The van der Waals surface area contributed by atoms with Crippen LogP contribution in [-0.2, 0) is 20.7 Å². The molecule has 1 atom stereocenters. The molecule has 0 fully saturated rings. The predicted octanol–water partition coefficient (Wildman–Crippen LogP) is 4.75. The van der Waals surface area contributed by atoms with Crippen molar-refractivity contribution in [3.05, 3.63) is 36.0 Å². The van der Waals surface area contributed by atoms with Gasteiger partial charge in [0.05, 0.1) is 7.11 Å². The Morgan fingerprint density at radius 3 is 2.52 bits per heavy atom. The first-order valence-electron chi connectivity index (χ1n) is 10.1. The molecule has 0 aliphatic carbocycles. The van der Waals surface area contributed by atoms with Crippen molar-refractivity contribution in [1.82, 2.24) is 10.3 Å². The number of fused-ring (bicyclic) bond motifs is 1. The number of H-pyrrole nitrogens is 1. The Balaban J connectivity index is 0.00000176. The van der Waals surface area contributed by atoms with Crippen LogP contribution in [0.3, 0.4) is 0 Å². The van der Waals surface area contributed by atoms with Crippen molar-refractivity contribution in [1.29, 1.82) is 0 Å². The standard InChI is InChI=1S/C20H28N2O3.C2H6/c1-3-4-5-6-7-12-19(23)22-18(20(24)25-2)13-15-14-21-17-11-9-8-10-16(15)17;1-2/h8-11,14,18,21H,3-7,12-13H2,1-2H3,(H,22,23);1-2H3. The highest BCUT2D eigenvalue weighted by atomic mass is 16.5. The number of esters is 1. The molecule has 0 saturated heterocycles. The Morgan fingerprint density at radius 2 is 1.81 bits per heavy atom. The number of carbonyl (C=O) groups is 2. The maximum Gasteiger partial charge on any atom is 0.328 e. The van der Waals surface area contributed by atoms with E-state index in [1.54, 1.807) is 0 Å². The van der Waals surface area contributed by atoms with Gasteiger partial charge in [0, 0.05) is 29.9 Å². The minimum absolute atomic E-state index is 0.0910. The van der Waals surface area contributed by atoms with E-state index in [0.29, 0.717) is 12.8 Å². The number of methoxy groups -OCH3 is 1. The maximum atomic E-state index is 12.2. The minimum Gasteiger partial charge on any atom is -0.467 e. The summed E-state index contributed by atoms with van der Waals surface area (Å²) in [4.78, 5) is 27.4. The van der Waals surface area contributed by atoms with Crippen LogP contribution >= 0.6 is 0 Å². The molecule has 5 nitrogen and oxygen atoms in total. The topological polar surface area (TPSA) is 71.2 Å². The first-order chi connectivity index (χ1) is 13.2. The first-order valence-corrected chi connectivity index (χ1v) is 10.1. The van der Waals surface area contributed by atoms with E-state index in [1.165, 1.54) is 20.0 Å². The number of rotatable bonds is 10. The zero-order chi connectivity index (χ0) is 20.1. The third-order valence-electron chi connectivity index (χ3n) is 4.43. The van der Waals surface area contributed by atoms with Gasteiger partial charge in [0.15, 0.2) is 0 Å². The summed E-state index contributed by atoms with van der Waals surface area (Å²) >= 11 is 0. The molecule has 0 radical (unpaired) electrons. The highest BCUT2D eigenvalue weighted by Crippen LogP contribution is 2.19. The van der Waals surface area contributed by atoms with Gasteiger partial charge in [-0.05, 0) is 18.1 Å². The van der Waals surface area contributed by atoms with E-state index in [4.69, 9.17) is 4.74 Å². The average molecular weight is 375 g/mol. The van der Waals surface area contributed by atoms with E-state index in [1.807, 2.05) is 44.3 Å². The normalized spacial score (nSPS) is 11.4. The molecular weight excluding hydrogens is 340 g/mol. The van der Waals surface area contributed by atoms with E-state index >= 15 is 0 Å². The summed E-state index contributed by atoms with van der Waals surface area (Å²) in [7, 11) is 1.35. The lowest BCUT2D eigenvalue weighted by Gasteiger charge is -2.16. The number of nitrogens with one attached hydrogen (secondary N) is 2. The SMILES string of the molecule is CC.CCCCCCCC(=O)NC(Cc1c[nH]c2ccccc12)C(=O)OC. The van der Waals surface area contributed by atoms with E-state index < -0.39 is 12.0 Å². The molecule has 1 heterocycles. The lowest BCUT2D eigenvalue weighted by atomic mass is 10.0. The number of hydrogen-bond donors (Lipinski definition) is 2. The van der Waals surface area contributed by atoms with Gasteiger partial charge in [-0.2, -0.15) is 0 Å². The number of aromatic nitrogens is 1. The molecule has 1 amide bonds. The number of aromatic amines is 1. The second kappa shape index (κ2) is 13.0. The van der Waals surface area contributed by atoms with Crippen LogP contribution in [0.25, 0.3) is 10.9 Å². The molecule has 5 heteroatoms. The summed E-state index contributed by atoms with van der Waals surface area (Å²) < 4.78 is 4.87. The van der Waals surface area contributed by atoms with E-state index in [2.05, 4.69) is 17.2 Å². The Hall–Kier alpha value is -2.30. The van der Waals surface area contributed by atoms with Crippen LogP contribution in [0, 0.1) is 0 Å². The van der Waals surface area contributed by atoms with Crippen LogP contribution in [0.5, 0.6) is 0 Å². The summed E-state index contributed by atoms with van der Waals surface area (Å²) in [5.41, 5.74) is 2.01. The van der Waals surface area contributed by atoms with Crippen molar-refractivity contribution in [3.63, 3.8) is 0 Å². The largest absolute Gasteiger partial charge is 0.467 e. The van der Waals surface area contributed by atoms with Crippen molar-refractivity contribution in [2.75, 3.05) is 7.11 Å². The molecule has 27 heavy (non-hydrogen) atoms. The molecule has 2 rings (SSSR count). The number of hydrogen-bond acceptors (Lipinski definition) is 3. The van der Waals surface area contributed by atoms with Gasteiger partial charge in [-0.1, -0.05) is 64.7 Å². The third kappa shape index (κ3) is 7.45. The Labute approximate surface area is 162 Å². The van der Waals surface area contributed by atoms with Crippen LogP contribution in [0.4, 0.5) is 0 Å². The number of unbranched alkanes of at least 4 members (excludes halogenated alkanes) is 4. The summed E-state index contributed by atoms with van der Waals surface area (Å²) in [5, 5.41) is 3.89. The van der Waals surface area contributed by atoms with Crippen LogP contribution in [0.2, 0.25) is 0 Å². The average Bonchev–Trinajstić information content (AvgIpc) is 3.11. The summed E-state index contributed by atoms with van der Waals surface area (Å²) in [5.74, 6) is -0.503. The summed E-state index contributed by atoms with van der Waals surface area (Å²) in [6, 6.07) is 7.25. The van der Waals surface area contributed by atoms with Crippen LogP contribution in [0.1, 0.15) is 64.9 Å². The van der Waals surface area contributed by atoms with Gasteiger partial charge >= 0.3 is 5.97 Å². The van der Waals surface area contributed by atoms with Crippen molar-refractivity contribution < 1.29 is 14.3 Å². The van der Waals surface area contributed by atoms with Crippen molar-refractivity contribution >= 4 is 22.8 Å². The summed E-state index contributed by atoms with van der Waals surface area (Å²) in [6.07, 6.45) is 8.19. The smallest absolute Gasteiger partial charge is 0.328 e. The van der Waals surface area contributed by atoms with Gasteiger partial charge in [0.2, 0.25) is 5.91 Å². The zero-order valence-electron chi connectivity index (χ0n) is 17.1. The molecule has 1 aromatic carbocycles. The second-order valence-electron chi connectivity index (χ2n) is 6.37. The molecule has 1 aromatic heterocycles. The third-order valence-corrected chi connectivity index (χ3v) is 4.43. The van der Waals surface area contributed by atoms with Crippen molar-refractivity contribution in [2.24, 2.45) is 0 Å². The maximum absolute atomic E-state index is 12.2. The monoisotopic (exact) mass is 374 g/mol. The molecule has 150 valence electrons. The van der Waals surface area contributed by atoms with E-state index in [9.17, 15) is 9.59 Å². The lowest BCUT2D eigenvalue weighted by molar-refractivity contribution is -0.145. The summed E-state index contributed by atoms with van der Waals surface area (Å²) in [6.45, 7) is 6.17. The van der Waals surface area contributed by atoms with Crippen molar-refractivity contribution in [3.8, 4) is 0 Å². The highest BCUT2D eigenvalue weighted by Gasteiger charge is 2.23. The van der Waals surface area contributed by atoms with Gasteiger partial charge in [-0.25, -0.2) is 4.79 Å². The van der Waals surface area contributed by atoms with Gasteiger partial charge in [0.25, 0.3) is 0 Å². The Bertz CT molecular complexity index is 694. The molecule has 2 aromatic rings. The molecule has 0 saturated carbocycles. The van der Waals surface area contributed by atoms with Gasteiger partial charge in [0.1, 0.15) is 6.04 Å². The molecule has 0 spiro atoms. The van der Waals surface area contributed by atoms with Gasteiger partial charge < -0.3 is 15.0 Å². The van der Waals surface area contributed by atoms with Gasteiger partial charge in [-0.3, -0.25) is 4.79 Å². The van der Waals surface area contributed by atoms with Crippen LogP contribution < -0.4 is 5.32 Å². The highest BCUT2D eigenvalue weighted by molar-refractivity contribution is 5.87. The lowest BCUT2D eigenvalue weighted by Crippen LogP contribution is -2.42. The zero-order valence-corrected chi connectivity index (χ0v) is 17.1. The molecular formula is C22H34N2O3. The Kier molecular flexibility index (Phi) is 10.9. The second-order valence-corrected chi connectivity index (χ2v) is 6.37. The van der Waals surface area contributed by atoms with Crippen LogP contribution in [0.15, 0.2) is 30.5 Å². The fourth-order valence-corrected chi connectivity index (χ4v) is 3.01. The predicted molar refractivity (Wildman–Crippen MR) is 111 cm³/mol. The molecule has 2 N–H and O–H groups in total. The fourth-order valence-electron chi connectivity index (χ4n) is 3.01. The quantitative estimate of drug-likeness (QED) is 0.465. The Morgan fingerprint density at radius 1 is 1.11 bits per heavy atom. The molecule has 0 aliphatic heterocycles. The van der Waals surface area contributed by atoms with E-state index in [0.717, 1.165) is 35.7 Å². The number of para-hydroxylation sites is 1. The molecule has 0 bridgehead atoms. The number of benzene rings is 1.